The molecule has 2 aromatic rings. The zero-order valence-electron chi connectivity index (χ0n) is 17.0. The van der Waals surface area contributed by atoms with Crippen molar-refractivity contribution in [3.8, 4) is 0 Å². The second-order valence-electron chi connectivity index (χ2n) is 8.07. The van der Waals surface area contributed by atoms with E-state index in [-0.39, 0.29) is 11.7 Å². The molecule has 0 saturated carbocycles. The lowest BCUT2D eigenvalue weighted by Crippen LogP contribution is -2.46. The van der Waals surface area contributed by atoms with E-state index < -0.39 is 0 Å². The number of halogens is 1. The number of hydrogen-bond donors (Lipinski definition) is 0. The van der Waals surface area contributed by atoms with E-state index in [9.17, 15) is 9.18 Å². The SMILES string of the molecule is O=C(CCCCN1CCN(c2ccccc2F)CC1)N1CCc2ccccc2C1. The van der Waals surface area contributed by atoms with Crippen molar-refractivity contribution >= 4 is 11.6 Å². The maximum atomic E-state index is 13.9. The molecule has 1 fully saturated rings. The van der Waals surface area contributed by atoms with Crippen molar-refractivity contribution in [2.24, 2.45) is 0 Å². The molecule has 0 N–H and O–H groups in total. The van der Waals surface area contributed by atoms with E-state index >= 15 is 0 Å². The van der Waals surface area contributed by atoms with Gasteiger partial charge in [0.1, 0.15) is 5.82 Å². The third kappa shape index (κ3) is 4.96. The highest BCUT2D eigenvalue weighted by Gasteiger charge is 2.21. The molecule has 1 amide bonds. The summed E-state index contributed by atoms with van der Waals surface area (Å²) in [6, 6.07) is 15.4. The van der Waals surface area contributed by atoms with Gasteiger partial charge in [-0.25, -0.2) is 4.39 Å². The number of unbranched alkanes of at least 4 members (excludes halogenated alkanes) is 1. The van der Waals surface area contributed by atoms with Gasteiger partial charge in [0.15, 0.2) is 0 Å². The number of piperazine rings is 1. The highest BCUT2D eigenvalue weighted by Crippen LogP contribution is 2.21. The highest BCUT2D eigenvalue weighted by atomic mass is 19.1. The van der Waals surface area contributed by atoms with Gasteiger partial charge in [0.05, 0.1) is 5.69 Å². The Balaban J connectivity index is 1.15. The topological polar surface area (TPSA) is 26.8 Å². The predicted molar refractivity (Wildman–Crippen MR) is 114 cm³/mol. The molecule has 0 bridgehead atoms. The molecule has 0 radical (unpaired) electrons. The molecule has 1 saturated heterocycles. The van der Waals surface area contributed by atoms with E-state index in [2.05, 4.69) is 34.1 Å². The van der Waals surface area contributed by atoms with Crippen LogP contribution in [0.25, 0.3) is 0 Å². The number of hydrogen-bond acceptors (Lipinski definition) is 3. The van der Waals surface area contributed by atoms with Crippen LogP contribution in [0.4, 0.5) is 10.1 Å². The van der Waals surface area contributed by atoms with Gasteiger partial charge in [0.2, 0.25) is 5.91 Å². The van der Waals surface area contributed by atoms with Crippen molar-refractivity contribution in [2.75, 3.05) is 44.2 Å². The Bertz CT molecular complexity index is 832. The van der Waals surface area contributed by atoms with Crippen molar-refractivity contribution < 1.29 is 9.18 Å². The molecular weight excluding hydrogens is 365 g/mol. The summed E-state index contributed by atoms with van der Waals surface area (Å²) < 4.78 is 13.9. The maximum Gasteiger partial charge on any atom is 0.222 e. The van der Waals surface area contributed by atoms with Crippen LogP contribution in [0.15, 0.2) is 48.5 Å². The van der Waals surface area contributed by atoms with Crippen LogP contribution in [-0.2, 0) is 17.8 Å². The summed E-state index contributed by atoms with van der Waals surface area (Å²) >= 11 is 0. The van der Waals surface area contributed by atoms with Gasteiger partial charge in [-0.2, -0.15) is 0 Å². The molecule has 2 aliphatic heterocycles. The Hall–Kier alpha value is -2.40. The summed E-state index contributed by atoms with van der Waals surface area (Å²) in [5, 5.41) is 0. The summed E-state index contributed by atoms with van der Waals surface area (Å²) in [4.78, 5) is 19.1. The molecule has 0 spiro atoms. The average molecular weight is 396 g/mol. The monoisotopic (exact) mass is 395 g/mol. The van der Waals surface area contributed by atoms with Crippen molar-refractivity contribution in [3.63, 3.8) is 0 Å². The summed E-state index contributed by atoms with van der Waals surface area (Å²) in [5.74, 6) is 0.142. The Morgan fingerprint density at radius 3 is 2.38 bits per heavy atom. The van der Waals surface area contributed by atoms with Crippen LogP contribution < -0.4 is 4.90 Å². The summed E-state index contributed by atoms with van der Waals surface area (Å²) in [5.41, 5.74) is 3.38. The van der Waals surface area contributed by atoms with Crippen molar-refractivity contribution in [1.82, 2.24) is 9.80 Å². The number of carbonyl (C=O) groups excluding carboxylic acids is 1. The van der Waals surface area contributed by atoms with Gasteiger partial charge in [0, 0.05) is 45.7 Å². The quantitative estimate of drug-likeness (QED) is 0.698. The lowest BCUT2D eigenvalue weighted by Gasteiger charge is -2.36. The largest absolute Gasteiger partial charge is 0.367 e. The molecular formula is C24H30FN3O. The standard InChI is InChI=1S/C24H30FN3O/c25-22-9-3-4-10-23(22)27-17-15-26(16-18-27)13-6-5-11-24(29)28-14-12-20-7-1-2-8-21(20)19-28/h1-4,7-10H,5-6,11-19H2. The van der Waals surface area contributed by atoms with Crippen molar-refractivity contribution in [2.45, 2.75) is 32.2 Å². The molecule has 0 atom stereocenters. The van der Waals surface area contributed by atoms with Crippen LogP contribution in [-0.4, -0.2) is 55.0 Å². The average Bonchev–Trinajstić information content (AvgIpc) is 2.77. The van der Waals surface area contributed by atoms with E-state index in [1.165, 1.54) is 17.2 Å². The number of anilines is 1. The Morgan fingerprint density at radius 1 is 0.862 bits per heavy atom. The van der Waals surface area contributed by atoms with Crippen molar-refractivity contribution in [3.05, 3.63) is 65.5 Å². The van der Waals surface area contributed by atoms with Gasteiger partial charge in [-0.15, -0.1) is 0 Å². The Kier molecular flexibility index (Phi) is 6.45. The molecule has 0 aromatic heterocycles. The Morgan fingerprint density at radius 2 is 1.59 bits per heavy atom. The van der Waals surface area contributed by atoms with Crippen LogP contribution in [0.2, 0.25) is 0 Å². The summed E-state index contributed by atoms with van der Waals surface area (Å²) in [6.07, 6.45) is 3.58. The molecule has 29 heavy (non-hydrogen) atoms. The number of carbonyl (C=O) groups is 1. The molecule has 5 heteroatoms. The molecule has 2 heterocycles. The molecule has 2 aromatic carbocycles. The molecule has 0 unspecified atom stereocenters. The fourth-order valence-electron chi connectivity index (χ4n) is 4.40. The van der Waals surface area contributed by atoms with Crippen LogP contribution in [0.3, 0.4) is 0 Å². The first-order valence-electron chi connectivity index (χ1n) is 10.8. The van der Waals surface area contributed by atoms with Crippen LogP contribution in [0.1, 0.15) is 30.4 Å². The molecule has 4 rings (SSSR count). The van der Waals surface area contributed by atoms with E-state index in [4.69, 9.17) is 0 Å². The summed E-state index contributed by atoms with van der Waals surface area (Å²) in [7, 11) is 0. The van der Waals surface area contributed by atoms with Gasteiger partial charge >= 0.3 is 0 Å². The first kappa shape index (κ1) is 19.9. The Labute approximate surface area is 172 Å². The fourth-order valence-corrected chi connectivity index (χ4v) is 4.40. The van der Waals surface area contributed by atoms with Gasteiger partial charge in [0.25, 0.3) is 0 Å². The minimum atomic E-state index is -0.139. The first-order valence-corrected chi connectivity index (χ1v) is 10.8. The fraction of sp³-hybridized carbons (Fsp3) is 0.458. The highest BCUT2D eigenvalue weighted by molar-refractivity contribution is 5.76. The van der Waals surface area contributed by atoms with Gasteiger partial charge in [-0.3, -0.25) is 9.69 Å². The van der Waals surface area contributed by atoms with E-state index in [1.54, 1.807) is 6.07 Å². The number of rotatable bonds is 6. The van der Waals surface area contributed by atoms with Crippen molar-refractivity contribution in [1.29, 1.82) is 0 Å². The second kappa shape index (κ2) is 9.40. The van der Waals surface area contributed by atoms with Gasteiger partial charge in [-0.05, 0) is 49.1 Å². The predicted octanol–water partition coefficient (Wildman–Crippen LogP) is 3.70. The minimum Gasteiger partial charge on any atom is -0.367 e. The van der Waals surface area contributed by atoms with E-state index in [0.717, 1.165) is 65.1 Å². The maximum absolute atomic E-state index is 13.9. The molecule has 2 aliphatic rings. The lowest BCUT2D eigenvalue weighted by molar-refractivity contribution is -0.132. The minimum absolute atomic E-state index is 0.139. The van der Waals surface area contributed by atoms with E-state index in [1.807, 2.05) is 17.0 Å². The third-order valence-electron chi connectivity index (χ3n) is 6.16. The normalized spacial score (nSPS) is 17.3. The van der Waals surface area contributed by atoms with Crippen LogP contribution >= 0.6 is 0 Å². The number of benzene rings is 2. The third-order valence-corrected chi connectivity index (χ3v) is 6.16. The smallest absolute Gasteiger partial charge is 0.222 e. The zero-order chi connectivity index (χ0) is 20.1. The number of amides is 1. The number of nitrogens with zero attached hydrogens (tertiary/aromatic N) is 3. The van der Waals surface area contributed by atoms with Crippen LogP contribution in [0.5, 0.6) is 0 Å². The van der Waals surface area contributed by atoms with E-state index in [0.29, 0.717) is 12.1 Å². The molecule has 154 valence electrons. The van der Waals surface area contributed by atoms with Gasteiger partial charge in [-0.1, -0.05) is 36.4 Å². The summed E-state index contributed by atoms with van der Waals surface area (Å²) in [6.45, 7) is 6.22. The van der Waals surface area contributed by atoms with Crippen LogP contribution in [0, 0.1) is 5.82 Å². The molecule has 4 nitrogen and oxygen atoms in total. The number of fused-ring (bicyclic) bond motifs is 1. The first-order chi connectivity index (χ1) is 14.2. The molecule has 0 aliphatic carbocycles. The number of para-hydroxylation sites is 1. The zero-order valence-corrected chi connectivity index (χ0v) is 17.0. The lowest BCUT2D eigenvalue weighted by atomic mass is 9.99. The van der Waals surface area contributed by atoms with Gasteiger partial charge < -0.3 is 9.80 Å². The second-order valence-corrected chi connectivity index (χ2v) is 8.07.